The largest absolute Gasteiger partial charge is 0.477 e. The Bertz CT molecular complexity index is 685. The quantitative estimate of drug-likeness (QED) is 0.907. The molecule has 0 aliphatic carbocycles. The van der Waals surface area contributed by atoms with Crippen molar-refractivity contribution in [3.8, 4) is 0 Å². The number of anilines is 1. The Morgan fingerprint density at radius 2 is 2.05 bits per heavy atom. The minimum absolute atomic E-state index is 0.109. The van der Waals surface area contributed by atoms with Crippen molar-refractivity contribution < 1.29 is 27.9 Å². The van der Waals surface area contributed by atoms with Gasteiger partial charge in [0.1, 0.15) is 4.88 Å². The number of alkyl halides is 3. The number of amides is 1. The molecule has 2 heterocycles. The minimum Gasteiger partial charge on any atom is -0.477 e. The van der Waals surface area contributed by atoms with E-state index in [4.69, 9.17) is 5.11 Å². The number of hydrogen-bond donors (Lipinski definition) is 2. The standard InChI is InChI=1S/C11H6F3N3O3S/c12-11(13,14)7-6(9(19)20)21-10(16-7)17-8(18)5-2-1-3-15-4-5/h1-4H,(H,19,20)(H,16,17,18). The average Bonchev–Trinajstić information content (AvgIpc) is 2.84. The minimum atomic E-state index is -4.92. The Balaban J connectivity index is 2.30. The number of carbonyl (C=O) groups is 2. The smallest absolute Gasteiger partial charge is 0.435 e. The lowest BCUT2D eigenvalue weighted by molar-refractivity contribution is -0.141. The number of pyridine rings is 1. The molecule has 1 amide bonds. The highest BCUT2D eigenvalue weighted by Gasteiger charge is 2.40. The number of nitrogens with one attached hydrogen (secondary N) is 1. The Morgan fingerprint density at radius 1 is 1.33 bits per heavy atom. The van der Waals surface area contributed by atoms with Gasteiger partial charge in [0.15, 0.2) is 10.8 Å². The van der Waals surface area contributed by atoms with Crippen LogP contribution in [0.4, 0.5) is 18.3 Å². The second kappa shape index (κ2) is 5.48. The molecule has 0 aromatic carbocycles. The maximum atomic E-state index is 12.6. The van der Waals surface area contributed by atoms with Gasteiger partial charge >= 0.3 is 12.1 Å². The van der Waals surface area contributed by atoms with Crippen molar-refractivity contribution in [3.63, 3.8) is 0 Å². The van der Waals surface area contributed by atoms with Crippen LogP contribution in [0.25, 0.3) is 0 Å². The van der Waals surface area contributed by atoms with E-state index in [0.717, 1.165) is 0 Å². The molecule has 2 N–H and O–H groups in total. The van der Waals surface area contributed by atoms with Crippen molar-refractivity contribution in [2.24, 2.45) is 0 Å². The van der Waals surface area contributed by atoms with Crippen LogP contribution in [0.15, 0.2) is 24.5 Å². The van der Waals surface area contributed by atoms with Gasteiger partial charge in [0.25, 0.3) is 5.91 Å². The molecule has 0 aliphatic rings. The van der Waals surface area contributed by atoms with E-state index in [2.05, 4.69) is 15.3 Å². The van der Waals surface area contributed by atoms with Crippen molar-refractivity contribution >= 4 is 28.3 Å². The summed E-state index contributed by atoms with van der Waals surface area (Å²) in [5.41, 5.74) is -1.43. The highest BCUT2D eigenvalue weighted by molar-refractivity contribution is 7.17. The maximum Gasteiger partial charge on any atom is 0.435 e. The normalized spacial score (nSPS) is 11.2. The third-order valence-electron chi connectivity index (χ3n) is 2.23. The van der Waals surface area contributed by atoms with Gasteiger partial charge in [-0.1, -0.05) is 11.3 Å². The third-order valence-corrected chi connectivity index (χ3v) is 3.19. The van der Waals surface area contributed by atoms with Gasteiger partial charge in [0.2, 0.25) is 0 Å². The lowest BCUT2D eigenvalue weighted by Crippen LogP contribution is -2.13. The fourth-order valence-electron chi connectivity index (χ4n) is 1.38. The van der Waals surface area contributed by atoms with Crippen molar-refractivity contribution in [2.75, 3.05) is 5.32 Å². The average molecular weight is 317 g/mol. The zero-order valence-corrected chi connectivity index (χ0v) is 10.8. The predicted octanol–water partition coefficient (Wildman–Crippen LogP) is 2.51. The van der Waals surface area contributed by atoms with Gasteiger partial charge in [-0.2, -0.15) is 13.2 Å². The number of thiazole rings is 1. The molecule has 0 bridgehead atoms. The topological polar surface area (TPSA) is 92.2 Å². The molecule has 2 aromatic heterocycles. The molecular formula is C11H6F3N3O3S. The SMILES string of the molecule is O=C(Nc1nc(C(F)(F)F)c(C(=O)O)s1)c1cccnc1. The molecule has 0 atom stereocenters. The first-order chi connectivity index (χ1) is 9.79. The van der Waals surface area contributed by atoms with Crippen LogP contribution in [-0.4, -0.2) is 27.0 Å². The van der Waals surface area contributed by atoms with Crippen LogP contribution in [0.3, 0.4) is 0 Å². The van der Waals surface area contributed by atoms with E-state index < -0.39 is 33.8 Å². The summed E-state index contributed by atoms with van der Waals surface area (Å²) in [6.07, 6.45) is -2.28. The summed E-state index contributed by atoms with van der Waals surface area (Å²) in [5, 5.41) is 10.4. The molecule has 0 unspecified atom stereocenters. The highest BCUT2D eigenvalue weighted by atomic mass is 32.1. The highest BCUT2D eigenvalue weighted by Crippen LogP contribution is 2.36. The Morgan fingerprint density at radius 3 is 2.52 bits per heavy atom. The number of hydrogen-bond acceptors (Lipinski definition) is 5. The van der Waals surface area contributed by atoms with E-state index in [9.17, 15) is 22.8 Å². The Kier molecular flexibility index (Phi) is 3.89. The van der Waals surface area contributed by atoms with Crippen LogP contribution < -0.4 is 5.32 Å². The summed E-state index contributed by atoms with van der Waals surface area (Å²) in [7, 11) is 0. The number of aromatic carboxylic acids is 1. The molecular weight excluding hydrogens is 311 g/mol. The number of carboxylic acid groups (broad SMARTS) is 1. The van der Waals surface area contributed by atoms with E-state index >= 15 is 0 Å². The van der Waals surface area contributed by atoms with E-state index in [1.807, 2.05) is 0 Å². The van der Waals surface area contributed by atoms with Gasteiger partial charge in [-0.15, -0.1) is 0 Å². The van der Waals surface area contributed by atoms with Gasteiger partial charge in [-0.25, -0.2) is 9.78 Å². The molecule has 10 heteroatoms. The summed E-state index contributed by atoms with van der Waals surface area (Å²) in [6.45, 7) is 0. The Labute approximate surface area is 119 Å². The van der Waals surface area contributed by atoms with Crippen LogP contribution in [0, 0.1) is 0 Å². The van der Waals surface area contributed by atoms with Crippen LogP contribution >= 0.6 is 11.3 Å². The van der Waals surface area contributed by atoms with E-state index in [1.165, 1.54) is 24.5 Å². The second-order valence-corrected chi connectivity index (χ2v) is 4.69. The van der Waals surface area contributed by atoms with Gasteiger partial charge in [0, 0.05) is 12.4 Å². The first kappa shape index (κ1) is 14.9. The summed E-state index contributed by atoms with van der Waals surface area (Å²) < 4.78 is 37.9. The van der Waals surface area contributed by atoms with Gasteiger partial charge in [-0.3, -0.25) is 15.1 Å². The summed E-state index contributed by atoms with van der Waals surface area (Å²) in [4.78, 5) is 28.4. The predicted molar refractivity (Wildman–Crippen MR) is 66.3 cm³/mol. The molecule has 2 rings (SSSR count). The summed E-state index contributed by atoms with van der Waals surface area (Å²) >= 11 is 0.234. The maximum absolute atomic E-state index is 12.6. The molecule has 0 fully saturated rings. The van der Waals surface area contributed by atoms with Crippen LogP contribution in [0.5, 0.6) is 0 Å². The lowest BCUT2D eigenvalue weighted by atomic mass is 10.3. The van der Waals surface area contributed by atoms with Crippen molar-refractivity contribution in [2.45, 2.75) is 6.18 Å². The molecule has 110 valence electrons. The van der Waals surface area contributed by atoms with Crippen LogP contribution in [0.1, 0.15) is 25.7 Å². The fraction of sp³-hybridized carbons (Fsp3) is 0.0909. The van der Waals surface area contributed by atoms with Gasteiger partial charge in [-0.05, 0) is 12.1 Å². The molecule has 2 aromatic rings. The summed E-state index contributed by atoms with van der Waals surface area (Å²) in [5.74, 6) is -2.50. The molecule has 0 aliphatic heterocycles. The third kappa shape index (κ3) is 3.34. The summed E-state index contributed by atoms with van der Waals surface area (Å²) in [6, 6.07) is 2.87. The number of rotatable bonds is 3. The van der Waals surface area contributed by atoms with Crippen LogP contribution in [0.2, 0.25) is 0 Å². The van der Waals surface area contributed by atoms with Crippen LogP contribution in [-0.2, 0) is 6.18 Å². The monoisotopic (exact) mass is 317 g/mol. The molecule has 0 radical (unpaired) electrons. The number of aromatic nitrogens is 2. The van der Waals surface area contributed by atoms with E-state index in [1.54, 1.807) is 0 Å². The number of carbonyl (C=O) groups excluding carboxylic acids is 1. The molecule has 0 saturated carbocycles. The molecule has 21 heavy (non-hydrogen) atoms. The first-order valence-corrected chi connectivity index (χ1v) is 6.13. The number of carboxylic acids is 1. The fourth-order valence-corrected chi connectivity index (χ4v) is 2.20. The van der Waals surface area contributed by atoms with E-state index in [0.29, 0.717) is 0 Å². The second-order valence-electron chi connectivity index (χ2n) is 3.70. The van der Waals surface area contributed by atoms with Gasteiger partial charge in [0.05, 0.1) is 5.56 Å². The molecule has 0 spiro atoms. The van der Waals surface area contributed by atoms with Crippen molar-refractivity contribution in [3.05, 3.63) is 40.7 Å². The van der Waals surface area contributed by atoms with Crippen molar-refractivity contribution in [1.82, 2.24) is 9.97 Å². The van der Waals surface area contributed by atoms with Gasteiger partial charge < -0.3 is 5.11 Å². The molecule has 6 nitrogen and oxygen atoms in total. The Hall–Kier alpha value is -2.49. The zero-order chi connectivity index (χ0) is 15.6. The van der Waals surface area contributed by atoms with Crippen molar-refractivity contribution in [1.29, 1.82) is 0 Å². The lowest BCUT2D eigenvalue weighted by Gasteiger charge is -2.02. The molecule has 0 saturated heterocycles. The zero-order valence-electron chi connectivity index (χ0n) is 10.0. The van der Waals surface area contributed by atoms with E-state index in [-0.39, 0.29) is 16.9 Å². The number of nitrogens with zero attached hydrogens (tertiary/aromatic N) is 2. The number of halogens is 3. The first-order valence-electron chi connectivity index (χ1n) is 5.31.